The average molecular weight is 581 g/mol. The number of furan rings is 1. The summed E-state index contributed by atoms with van der Waals surface area (Å²) < 4.78 is 77.5. The first-order valence-electron chi connectivity index (χ1n) is 12.6. The molecule has 4 heterocycles. The van der Waals surface area contributed by atoms with Crippen molar-refractivity contribution >= 4 is 23.7 Å². The number of halogens is 5. The molecule has 2 fully saturated rings. The first-order chi connectivity index (χ1) is 19.4. The summed E-state index contributed by atoms with van der Waals surface area (Å²) in [6.45, 7) is 0.0483. The summed E-state index contributed by atoms with van der Waals surface area (Å²) >= 11 is 0. The van der Waals surface area contributed by atoms with Gasteiger partial charge in [0.25, 0.3) is 5.91 Å². The molecule has 15 heteroatoms. The lowest BCUT2D eigenvalue weighted by Gasteiger charge is -2.23. The average Bonchev–Trinajstić information content (AvgIpc) is 3.69. The Hall–Kier alpha value is -4.27. The zero-order chi connectivity index (χ0) is 29.6. The molecule has 2 aliphatic rings. The molecular formula is C26H24F5N5O5. The van der Waals surface area contributed by atoms with Gasteiger partial charge < -0.3 is 19.7 Å². The number of likely N-dealkylation sites (tertiary alicyclic amines) is 2. The van der Waals surface area contributed by atoms with E-state index in [2.05, 4.69) is 10.4 Å². The summed E-state index contributed by atoms with van der Waals surface area (Å²) in [6.07, 6.45) is -4.54. The minimum atomic E-state index is -5.04. The van der Waals surface area contributed by atoms with Crippen LogP contribution < -0.4 is 5.32 Å². The van der Waals surface area contributed by atoms with E-state index in [0.29, 0.717) is 15.1 Å². The zero-order valence-corrected chi connectivity index (χ0v) is 21.5. The molecule has 0 aliphatic carbocycles. The molecule has 3 amide bonds. The van der Waals surface area contributed by atoms with Crippen molar-refractivity contribution in [3.63, 3.8) is 0 Å². The van der Waals surface area contributed by atoms with Crippen LogP contribution in [-0.2, 0) is 11.3 Å². The number of anilines is 1. The molecule has 3 unspecified atom stereocenters. The van der Waals surface area contributed by atoms with Gasteiger partial charge >= 0.3 is 12.2 Å². The molecule has 3 atom stereocenters. The van der Waals surface area contributed by atoms with E-state index in [1.807, 2.05) is 0 Å². The third-order valence-electron chi connectivity index (χ3n) is 7.20. The van der Waals surface area contributed by atoms with Gasteiger partial charge in [0.2, 0.25) is 5.91 Å². The number of imide groups is 1. The van der Waals surface area contributed by atoms with E-state index in [1.165, 1.54) is 31.4 Å². The molecule has 0 radical (unpaired) electrons. The van der Waals surface area contributed by atoms with E-state index in [1.54, 1.807) is 0 Å². The molecule has 2 aromatic heterocycles. The Labute approximate surface area is 229 Å². The van der Waals surface area contributed by atoms with Crippen LogP contribution in [0.2, 0.25) is 0 Å². The number of nitrogens with zero attached hydrogens (tertiary/aromatic N) is 4. The number of aryl methyl sites for hydroxylation is 1. The van der Waals surface area contributed by atoms with Gasteiger partial charge in [0.1, 0.15) is 17.3 Å². The molecule has 2 saturated heterocycles. The Morgan fingerprint density at radius 1 is 1.15 bits per heavy atom. The zero-order valence-electron chi connectivity index (χ0n) is 21.5. The monoisotopic (exact) mass is 581 g/mol. The number of aromatic nitrogens is 2. The van der Waals surface area contributed by atoms with E-state index in [0.717, 1.165) is 17.0 Å². The Morgan fingerprint density at radius 3 is 2.44 bits per heavy atom. The number of amides is 3. The number of β-amino-alcohol motifs (C(OH)–C–C–N with tert-alkyl or cyclic N) is 1. The largest absolute Gasteiger partial charge is 0.469 e. The molecule has 0 saturated carbocycles. The number of aliphatic hydroxyl groups excluding tert-OH is 1. The number of benzene rings is 1. The molecule has 2 aliphatic heterocycles. The first kappa shape index (κ1) is 28.3. The SMILES string of the molecule is Cc1occc1C(=O)n1nc(C2C(=O)N(C(=O)N3CCC(O)C3)CC2C(F)(F)F)c(F)c1NCc1ccc(F)cc1. The smallest absolute Gasteiger partial charge is 0.394 e. The van der Waals surface area contributed by atoms with Crippen molar-refractivity contribution in [1.82, 2.24) is 19.6 Å². The van der Waals surface area contributed by atoms with Crippen molar-refractivity contribution in [2.45, 2.75) is 38.1 Å². The number of carbonyl (C=O) groups excluding carboxylic acids is 3. The Kier molecular flexibility index (Phi) is 7.32. The van der Waals surface area contributed by atoms with Crippen molar-refractivity contribution in [2.24, 2.45) is 5.92 Å². The van der Waals surface area contributed by atoms with Crippen LogP contribution in [0.15, 0.2) is 41.0 Å². The summed E-state index contributed by atoms with van der Waals surface area (Å²) in [4.78, 5) is 41.0. The van der Waals surface area contributed by atoms with E-state index >= 15 is 4.39 Å². The number of hydrogen-bond donors (Lipinski definition) is 2. The van der Waals surface area contributed by atoms with Crippen molar-refractivity contribution in [3.05, 3.63) is 70.8 Å². The number of carbonyl (C=O) groups is 3. The van der Waals surface area contributed by atoms with Gasteiger partial charge in [0.05, 0.1) is 29.8 Å². The molecule has 10 nitrogen and oxygen atoms in total. The molecule has 41 heavy (non-hydrogen) atoms. The number of hydrogen-bond acceptors (Lipinski definition) is 7. The highest BCUT2D eigenvalue weighted by Crippen LogP contribution is 2.45. The van der Waals surface area contributed by atoms with Gasteiger partial charge in [-0.2, -0.15) is 23.0 Å². The molecule has 5 rings (SSSR count). The van der Waals surface area contributed by atoms with Crippen LogP contribution in [0.1, 0.15) is 39.7 Å². The van der Waals surface area contributed by atoms with Crippen molar-refractivity contribution < 1.29 is 45.9 Å². The maximum Gasteiger partial charge on any atom is 0.394 e. The van der Waals surface area contributed by atoms with Crippen LogP contribution in [-0.4, -0.2) is 74.4 Å². The van der Waals surface area contributed by atoms with Crippen molar-refractivity contribution in [1.29, 1.82) is 0 Å². The number of rotatable bonds is 5. The number of nitrogens with one attached hydrogen (secondary N) is 1. The van der Waals surface area contributed by atoms with Crippen LogP contribution in [0.3, 0.4) is 0 Å². The standard InChI is InChI=1S/C26H24F5N5O5/c1-13-17(7-9-41-13)23(38)36-22(32-10-14-2-4-15(27)5-3-14)20(28)21(33-36)19-18(26(29,30)31)12-35(24(19)39)25(40)34-8-6-16(37)11-34/h2-5,7,9,16,18-19,32,37H,6,8,10-12H2,1H3. The topological polar surface area (TPSA) is 121 Å². The van der Waals surface area contributed by atoms with E-state index in [-0.39, 0.29) is 37.4 Å². The minimum Gasteiger partial charge on any atom is -0.469 e. The Balaban J connectivity index is 1.55. The quantitative estimate of drug-likeness (QED) is 0.442. The van der Waals surface area contributed by atoms with Crippen LogP contribution in [0.25, 0.3) is 0 Å². The van der Waals surface area contributed by atoms with Crippen molar-refractivity contribution in [2.75, 3.05) is 25.0 Å². The van der Waals surface area contributed by atoms with Gasteiger partial charge in [0, 0.05) is 26.2 Å². The fraction of sp³-hybridized carbons (Fsp3) is 0.385. The van der Waals surface area contributed by atoms with E-state index < -0.39 is 71.7 Å². The second-order valence-electron chi connectivity index (χ2n) is 9.88. The molecular weight excluding hydrogens is 557 g/mol. The van der Waals surface area contributed by atoms with Crippen LogP contribution in [0.5, 0.6) is 0 Å². The lowest BCUT2D eigenvalue weighted by atomic mass is 9.91. The maximum absolute atomic E-state index is 16.0. The molecule has 2 N–H and O–H groups in total. The van der Waals surface area contributed by atoms with Gasteiger partial charge in [-0.3, -0.25) is 14.5 Å². The van der Waals surface area contributed by atoms with Gasteiger partial charge in [-0.05, 0) is 37.1 Å². The number of alkyl halides is 3. The van der Waals surface area contributed by atoms with Gasteiger partial charge in [0.15, 0.2) is 11.6 Å². The number of aliphatic hydroxyl groups is 1. The normalized spacial score (nSPS) is 21.1. The summed E-state index contributed by atoms with van der Waals surface area (Å²) in [6, 6.07) is 5.28. The predicted octanol–water partition coefficient (Wildman–Crippen LogP) is 3.65. The highest BCUT2D eigenvalue weighted by Gasteiger charge is 2.58. The van der Waals surface area contributed by atoms with E-state index in [4.69, 9.17) is 4.42 Å². The highest BCUT2D eigenvalue weighted by atomic mass is 19.4. The van der Waals surface area contributed by atoms with Gasteiger partial charge in [-0.1, -0.05) is 12.1 Å². The summed E-state index contributed by atoms with van der Waals surface area (Å²) in [5, 5.41) is 16.2. The van der Waals surface area contributed by atoms with Crippen LogP contribution in [0, 0.1) is 24.5 Å². The Morgan fingerprint density at radius 2 is 1.85 bits per heavy atom. The third-order valence-corrected chi connectivity index (χ3v) is 7.20. The second kappa shape index (κ2) is 10.6. The van der Waals surface area contributed by atoms with E-state index in [9.17, 15) is 37.1 Å². The van der Waals surface area contributed by atoms with Gasteiger partial charge in [-0.25, -0.2) is 13.6 Å². The summed E-state index contributed by atoms with van der Waals surface area (Å²) in [5.41, 5.74) is -0.578. The maximum atomic E-state index is 16.0. The molecule has 0 bridgehead atoms. The lowest BCUT2D eigenvalue weighted by molar-refractivity contribution is -0.175. The molecule has 1 aromatic carbocycles. The fourth-order valence-electron chi connectivity index (χ4n) is 5.01. The van der Waals surface area contributed by atoms with Crippen LogP contribution in [0.4, 0.5) is 32.6 Å². The molecule has 0 spiro atoms. The lowest BCUT2D eigenvalue weighted by Crippen LogP contribution is -2.44. The highest BCUT2D eigenvalue weighted by molar-refractivity contribution is 6.01. The first-order valence-corrected chi connectivity index (χ1v) is 12.6. The molecule has 3 aromatic rings. The third kappa shape index (κ3) is 5.28. The number of urea groups is 1. The van der Waals surface area contributed by atoms with Crippen LogP contribution >= 0.6 is 0 Å². The van der Waals surface area contributed by atoms with Crippen molar-refractivity contribution in [3.8, 4) is 0 Å². The fourth-order valence-corrected chi connectivity index (χ4v) is 5.01. The summed E-state index contributed by atoms with van der Waals surface area (Å²) in [7, 11) is 0. The Bertz CT molecular complexity index is 1480. The summed E-state index contributed by atoms with van der Waals surface area (Å²) in [5.74, 6) is -9.48. The molecule has 218 valence electrons. The second-order valence-corrected chi connectivity index (χ2v) is 9.88. The predicted molar refractivity (Wildman–Crippen MR) is 131 cm³/mol. The van der Waals surface area contributed by atoms with Gasteiger partial charge in [-0.15, -0.1) is 0 Å². The minimum absolute atomic E-state index is 0.0319.